The van der Waals surface area contributed by atoms with Crippen molar-refractivity contribution in [2.24, 2.45) is 0 Å². The summed E-state index contributed by atoms with van der Waals surface area (Å²) in [5, 5.41) is 24.3. The lowest BCUT2D eigenvalue weighted by Crippen LogP contribution is -1.98. The summed E-state index contributed by atoms with van der Waals surface area (Å²) in [5.74, 6) is 0. The first kappa shape index (κ1) is 28.8. The Bertz CT molecular complexity index is 2900. The van der Waals surface area contributed by atoms with Crippen LogP contribution < -0.4 is 0 Å². The second-order valence-electron chi connectivity index (χ2n) is 12.3. The summed E-state index contributed by atoms with van der Waals surface area (Å²) in [7, 11) is 0. The van der Waals surface area contributed by atoms with Crippen LogP contribution in [-0.4, -0.2) is 9.13 Å². The van der Waals surface area contributed by atoms with Crippen LogP contribution in [0, 0.1) is 29.2 Å². The molecule has 5 heteroatoms. The van der Waals surface area contributed by atoms with E-state index in [1.807, 2.05) is 72.8 Å². The molecule has 0 saturated carbocycles. The third kappa shape index (κ3) is 4.31. The average molecular weight is 636 g/mol. The molecule has 50 heavy (non-hydrogen) atoms. The molecule has 0 saturated heterocycles. The predicted molar refractivity (Wildman–Crippen MR) is 202 cm³/mol. The van der Waals surface area contributed by atoms with Crippen molar-refractivity contribution in [2.45, 2.75) is 0 Å². The topological polar surface area (TPSA) is 61.8 Å². The molecule has 0 aliphatic rings. The third-order valence-electron chi connectivity index (χ3n) is 9.63. The zero-order chi connectivity index (χ0) is 33.8. The molecule has 5 nitrogen and oxygen atoms in total. The van der Waals surface area contributed by atoms with E-state index in [0.717, 1.165) is 77.2 Å². The van der Waals surface area contributed by atoms with Gasteiger partial charge in [-0.3, -0.25) is 0 Å². The van der Waals surface area contributed by atoms with Crippen LogP contribution in [0.15, 0.2) is 152 Å². The molecule has 0 fully saturated rings. The van der Waals surface area contributed by atoms with Crippen molar-refractivity contribution in [3.63, 3.8) is 0 Å². The van der Waals surface area contributed by atoms with Gasteiger partial charge >= 0.3 is 0 Å². The van der Waals surface area contributed by atoms with Crippen LogP contribution in [0.1, 0.15) is 11.1 Å². The zero-order valence-corrected chi connectivity index (χ0v) is 26.7. The Kier molecular flexibility index (Phi) is 6.56. The standard InChI is InChI=1S/C45H25N5/c1-48-40-13-8-12-35(45(40)50-42-15-6-2-9-36(42)37-10-3-7-16-43(37)50)31-20-18-30(19-21-31)34-23-22-33(26-32(34)28-47)49-41-14-5-4-11-38(41)39-25-29(27-46)17-24-44(39)49/h2-26H. The molecule has 0 radical (unpaired) electrons. The predicted octanol–water partition coefficient (Wildman–Crippen LogP) is 11.5. The fraction of sp³-hybridized carbons (Fsp3) is 0. The van der Waals surface area contributed by atoms with Crippen molar-refractivity contribution < 1.29 is 0 Å². The van der Waals surface area contributed by atoms with Gasteiger partial charge in [-0.25, -0.2) is 4.85 Å². The molecule has 0 unspecified atom stereocenters. The second kappa shape index (κ2) is 11.4. The number of nitriles is 2. The largest absolute Gasteiger partial charge is 0.318 e. The van der Waals surface area contributed by atoms with Crippen LogP contribution in [0.3, 0.4) is 0 Å². The smallest absolute Gasteiger partial charge is 0.211 e. The zero-order valence-electron chi connectivity index (χ0n) is 26.7. The van der Waals surface area contributed by atoms with Crippen molar-refractivity contribution in [2.75, 3.05) is 0 Å². The average Bonchev–Trinajstić information content (AvgIpc) is 3.70. The summed E-state index contributed by atoms with van der Waals surface area (Å²) < 4.78 is 4.36. The van der Waals surface area contributed by atoms with E-state index in [-0.39, 0.29) is 0 Å². The van der Waals surface area contributed by atoms with Gasteiger partial charge in [-0.15, -0.1) is 0 Å². The van der Waals surface area contributed by atoms with E-state index < -0.39 is 0 Å². The Morgan fingerprint density at radius 1 is 0.480 bits per heavy atom. The van der Waals surface area contributed by atoms with Gasteiger partial charge in [0.2, 0.25) is 5.69 Å². The molecule has 0 atom stereocenters. The van der Waals surface area contributed by atoms with E-state index in [4.69, 9.17) is 6.57 Å². The maximum atomic E-state index is 10.4. The normalized spacial score (nSPS) is 11.1. The molecular formula is C45H25N5. The first-order valence-electron chi connectivity index (χ1n) is 16.3. The van der Waals surface area contributed by atoms with Gasteiger partial charge in [-0.05, 0) is 70.8 Å². The fourth-order valence-electron chi connectivity index (χ4n) is 7.42. The number of hydrogen-bond donors (Lipinski definition) is 0. The quantitative estimate of drug-likeness (QED) is 0.181. The molecule has 0 amide bonds. The Labute approximate surface area is 288 Å². The molecule has 2 heterocycles. The van der Waals surface area contributed by atoms with Crippen molar-refractivity contribution in [3.8, 4) is 45.8 Å². The highest BCUT2D eigenvalue weighted by Crippen LogP contribution is 2.41. The van der Waals surface area contributed by atoms with Crippen molar-refractivity contribution >= 4 is 49.3 Å². The molecule has 0 spiro atoms. The number of rotatable bonds is 4. The molecule has 0 bridgehead atoms. The minimum absolute atomic E-state index is 0.566. The number of para-hydroxylation sites is 4. The first-order valence-corrected chi connectivity index (χ1v) is 16.3. The van der Waals surface area contributed by atoms with Gasteiger partial charge in [0.05, 0.1) is 57.6 Å². The number of aromatic nitrogens is 2. The molecule has 0 N–H and O–H groups in total. The van der Waals surface area contributed by atoms with Crippen LogP contribution in [0.2, 0.25) is 0 Å². The minimum atomic E-state index is 0.566. The van der Waals surface area contributed by atoms with Crippen LogP contribution in [0.4, 0.5) is 5.69 Å². The summed E-state index contributed by atoms with van der Waals surface area (Å²) in [6, 6.07) is 55.4. The minimum Gasteiger partial charge on any atom is -0.318 e. The molecular weight excluding hydrogens is 611 g/mol. The van der Waals surface area contributed by atoms with Gasteiger partial charge in [0.15, 0.2) is 0 Å². The van der Waals surface area contributed by atoms with E-state index in [0.29, 0.717) is 16.8 Å². The fourth-order valence-corrected chi connectivity index (χ4v) is 7.42. The Hall–Kier alpha value is -7.39. The van der Waals surface area contributed by atoms with Crippen molar-refractivity contribution in [1.29, 1.82) is 10.5 Å². The second-order valence-corrected chi connectivity index (χ2v) is 12.3. The van der Waals surface area contributed by atoms with E-state index in [2.05, 4.69) is 105 Å². The maximum absolute atomic E-state index is 10.4. The summed E-state index contributed by atoms with van der Waals surface area (Å²) in [6.07, 6.45) is 0. The maximum Gasteiger partial charge on any atom is 0.211 e. The van der Waals surface area contributed by atoms with Gasteiger partial charge in [0, 0.05) is 27.2 Å². The molecule has 0 aliphatic heterocycles. The number of benzene rings is 7. The van der Waals surface area contributed by atoms with Crippen molar-refractivity contribution in [1.82, 2.24) is 9.13 Å². The van der Waals surface area contributed by atoms with E-state index in [1.165, 1.54) is 0 Å². The van der Waals surface area contributed by atoms with Gasteiger partial charge in [0.1, 0.15) is 0 Å². The van der Waals surface area contributed by atoms with Gasteiger partial charge in [-0.2, -0.15) is 10.5 Å². The number of hydrogen-bond acceptors (Lipinski definition) is 2. The highest BCUT2D eigenvalue weighted by atomic mass is 15.0. The summed E-state index contributed by atoms with van der Waals surface area (Å²) in [5.41, 5.74) is 11.3. The highest BCUT2D eigenvalue weighted by Gasteiger charge is 2.19. The van der Waals surface area contributed by atoms with Crippen molar-refractivity contribution in [3.05, 3.63) is 174 Å². The Morgan fingerprint density at radius 3 is 1.68 bits per heavy atom. The summed E-state index contributed by atoms with van der Waals surface area (Å²) >= 11 is 0. The summed E-state index contributed by atoms with van der Waals surface area (Å²) in [4.78, 5) is 3.97. The van der Waals surface area contributed by atoms with Gasteiger partial charge < -0.3 is 9.13 Å². The van der Waals surface area contributed by atoms with Gasteiger partial charge in [-0.1, -0.05) is 103 Å². The lowest BCUT2D eigenvalue weighted by molar-refractivity contribution is 1.18. The van der Waals surface area contributed by atoms with E-state index in [1.54, 1.807) is 0 Å². The molecule has 7 aromatic carbocycles. The Morgan fingerprint density at radius 2 is 1.06 bits per heavy atom. The molecule has 0 aliphatic carbocycles. The van der Waals surface area contributed by atoms with Crippen LogP contribution in [0.25, 0.3) is 82.1 Å². The van der Waals surface area contributed by atoms with Gasteiger partial charge in [0.25, 0.3) is 0 Å². The van der Waals surface area contributed by atoms with Crippen LogP contribution >= 0.6 is 0 Å². The van der Waals surface area contributed by atoms with Crippen LogP contribution in [-0.2, 0) is 0 Å². The lowest BCUT2D eigenvalue weighted by Gasteiger charge is -2.16. The monoisotopic (exact) mass is 635 g/mol. The van der Waals surface area contributed by atoms with E-state index in [9.17, 15) is 10.5 Å². The van der Waals surface area contributed by atoms with E-state index >= 15 is 0 Å². The number of nitrogens with zero attached hydrogens (tertiary/aromatic N) is 5. The highest BCUT2D eigenvalue weighted by molar-refractivity contribution is 6.11. The SMILES string of the molecule is [C-]#[N+]c1cccc(-c2ccc(-c3ccc(-n4c5ccccc5c5cc(C#N)ccc54)cc3C#N)cc2)c1-n1c2ccccc2c2ccccc21. The molecule has 2 aromatic heterocycles. The lowest BCUT2D eigenvalue weighted by atomic mass is 9.96. The Balaban J connectivity index is 1.16. The number of fused-ring (bicyclic) bond motifs is 6. The third-order valence-corrected chi connectivity index (χ3v) is 9.63. The first-order chi connectivity index (χ1) is 24.7. The molecule has 230 valence electrons. The molecule has 9 rings (SSSR count). The summed E-state index contributed by atoms with van der Waals surface area (Å²) in [6.45, 7) is 8.10. The van der Waals surface area contributed by atoms with Crippen LogP contribution in [0.5, 0.6) is 0 Å². The molecule has 9 aromatic rings.